The van der Waals surface area contributed by atoms with Crippen LogP contribution < -0.4 is 0 Å². The molecule has 0 radical (unpaired) electrons. The first kappa shape index (κ1) is 6.97. The Balaban J connectivity index is 2.90. The highest BCUT2D eigenvalue weighted by Gasteiger charge is 2.21. The molecule has 0 N–H and O–H groups in total. The Hall–Kier alpha value is -0.140. The topological polar surface area (TPSA) is 36.1 Å². The maximum Gasteiger partial charge on any atom is 0.189 e. The molecule has 4 heteroatoms. The van der Waals surface area contributed by atoms with E-state index in [-0.39, 0.29) is 0 Å². The van der Waals surface area contributed by atoms with Gasteiger partial charge in [0.2, 0.25) is 0 Å². The normalized spacial score (nSPS) is 21.2. The minimum atomic E-state index is -0.523. The Morgan fingerprint density at radius 3 is 2.56 bits per heavy atom. The Kier molecular flexibility index (Phi) is 1.73. The van der Waals surface area contributed by atoms with Gasteiger partial charge in [-0.1, -0.05) is 0 Å². The number of allylic oxidation sites excluding steroid dienone is 1. The Bertz CT molecular complexity index is 222. The van der Waals surface area contributed by atoms with Crippen LogP contribution >= 0.6 is 31.9 Å². The van der Waals surface area contributed by atoms with E-state index < -0.39 is 3.36 Å². The molecule has 0 atom stereocenters. The molecule has 0 amide bonds. The first-order chi connectivity index (χ1) is 4.14. The predicted molar refractivity (Wildman–Crippen MR) is 42.8 cm³/mol. The number of hydrogen-bond donors (Lipinski definition) is 0. The van der Waals surface area contributed by atoms with E-state index in [1.54, 1.807) is 6.08 Å². The van der Waals surface area contributed by atoms with Gasteiger partial charge in [0.05, 0.1) is 5.57 Å². The highest BCUT2D eigenvalue weighted by molar-refractivity contribution is 9.25. The molecule has 0 unspecified atom stereocenters. The molecular weight excluding hydrogens is 248 g/mol. The maximum atomic E-state index is 8.35. The highest BCUT2D eigenvalue weighted by Crippen LogP contribution is 2.33. The number of halogens is 2. The van der Waals surface area contributed by atoms with Gasteiger partial charge in [0.1, 0.15) is 6.07 Å². The van der Waals surface area contributed by atoms with E-state index in [4.69, 9.17) is 5.26 Å². The minimum absolute atomic E-state index is 0.523. The van der Waals surface area contributed by atoms with Crippen molar-refractivity contribution in [1.29, 1.82) is 5.26 Å². The summed E-state index contributed by atoms with van der Waals surface area (Å²) in [6.07, 6.45) is 3.20. The summed E-state index contributed by atoms with van der Waals surface area (Å²) in [4.78, 5) is 3.91. The van der Waals surface area contributed by atoms with Crippen molar-refractivity contribution in [2.24, 2.45) is 4.99 Å². The van der Waals surface area contributed by atoms with Gasteiger partial charge in [-0.05, 0) is 37.9 Å². The average molecular weight is 250 g/mol. The number of nitrogens with zero attached hydrogens (tertiary/aromatic N) is 2. The van der Waals surface area contributed by atoms with Gasteiger partial charge in [0.25, 0.3) is 0 Å². The second-order valence-electron chi connectivity index (χ2n) is 1.56. The molecule has 0 saturated carbocycles. The van der Waals surface area contributed by atoms with Crippen molar-refractivity contribution in [3.05, 3.63) is 11.6 Å². The summed E-state index contributed by atoms with van der Waals surface area (Å²) in [5, 5.41) is 8.35. The van der Waals surface area contributed by atoms with Gasteiger partial charge in [0, 0.05) is 6.21 Å². The zero-order valence-electron chi connectivity index (χ0n) is 4.31. The quantitative estimate of drug-likeness (QED) is 0.478. The van der Waals surface area contributed by atoms with Crippen LogP contribution in [0, 0.1) is 11.3 Å². The first-order valence-electron chi connectivity index (χ1n) is 2.20. The van der Waals surface area contributed by atoms with E-state index in [0.29, 0.717) is 5.57 Å². The van der Waals surface area contributed by atoms with Gasteiger partial charge in [-0.2, -0.15) is 5.26 Å². The van der Waals surface area contributed by atoms with Gasteiger partial charge in [-0.15, -0.1) is 0 Å². The lowest BCUT2D eigenvalue weighted by Crippen LogP contribution is -1.95. The van der Waals surface area contributed by atoms with Gasteiger partial charge < -0.3 is 0 Å². The van der Waals surface area contributed by atoms with Crippen LogP contribution in [-0.2, 0) is 0 Å². The standard InChI is InChI=1S/C5H2Br2N2/c6-5(7)1-4(2-8)3-9-5/h1,3H. The number of nitriles is 1. The van der Waals surface area contributed by atoms with E-state index in [0.717, 1.165) is 0 Å². The van der Waals surface area contributed by atoms with Gasteiger partial charge in [-0.3, -0.25) is 4.99 Å². The van der Waals surface area contributed by atoms with E-state index in [9.17, 15) is 0 Å². The number of rotatable bonds is 0. The van der Waals surface area contributed by atoms with Crippen molar-refractivity contribution < 1.29 is 0 Å². The molecule has 46 valence electrons. The molecular formula is C5H2Br2N2. The van der Waals surface area contributed by atoms with E-state index in [2.05, 4.69) is 36.9 Å². The fourth-order valence-corrected chi connectivity index (χ4v) is 1.18. The Morgan fingerprint density at radius 2 is 2.33 bits per heavy atom. The van der Waals surface area contributed by atoms with Crippen molar-refractivity contribution in [3.63, 3.8) is 0 Å². The number of aliphatic imine (C=N–C) groups is 1. The highest BCUT2D eigenvalue weighted by atomic mass is 79.9. The van der Waals surface area contributed by atoms with Gasteiger partial charge in [-0.25, -0.2) is 0 Å². The lowest BCUT2D eigenvalue weighted by Gasteiger charge is -2.01. The molecule has 1 aliphatic rings. The maximum absolute atomic E-state index is 8.35. The molecule has 0 aromatic heterocycles. The smallest absolute Gasteiger partial charge is 0.189 e. The third-order valence-electron chi connectivity index (χ3n) is 0.834. The molecule has 0 aromatic carbocycles. The van der Waals surface area contributed by atoms with Crippen LogP contribution in [0.25, 0.3) is 0 Å². The summed E-state index contributed by atoms with van der Waals surface area (Å²) >= 11 is 6.43. The largest absolute Gasteiger partial charge is 0.258 e. The van der Waals surface area contributed by atoms with Crippen molar-refractivity contribution in [2.45, 2.75) is 3.36 Å². The fraction of sp³-hybridized carbons (Fsp3) is 0.200. The Labute approximate surface area is 69.5 Å². The second-order valence-corrected chi connectivity index (χ2v) is 5.04. The SMILES string of the molecule is N#CC1=CC(Br)(Br)N=C1. The molecule has 0 saturated heterocycles. The summed E-state index contributed by atoms with van der Waals surface area (Å²) in [6.45, 7) is 0. The van der Waals surface area contributed by atoms with Crippen LogP contribution in [-0.4, -0.2) is 9.57 Å². The second kappa shape index (κ2) is 2.24. The van der Waals surface area contributed by atoms with Crippen molar-refractivity contribution in [1.82, 2.24) is 0 Å². The summed E-state index contributed by atoms with van der Waals surface area (Å²) in [5.41, 5.74) is 0.573. The Morgan fingerprint density at radius 1 is 1.67 bits per heavy atom. The van der Waals surface area contributed by atoms with Crippen LogP contribution in [0.2, 0.25) is 0 Å². The zero-order chi connectivity index (χ0) is 6.91. The molecule has 0 aliphatic carbocycles. The summed E-state index contributed by atoms with van der Waals surface area (Å²) in [7, 11) is 0. The summed E-state index contributed by atoms with van der Waals surface area (Å²) in [5.74, 6) is 0. The molecule has 0 aromatic rings. The van der Waals surface area contributed by atoms with Crippen molar-refractivity contribution in [2.75, 3.05) is 0 Å². The molecule has 1 aliphatic heterocycles. The van der Waals surface area contributed by atoms with Crippen LogP contribution in [0.1, 0.15) is 0 Å². The van der Waals surface area contributed by atoms with Crippen LogP contribution in [0.5, 0.6) is 0 Å². The third-order valence-corrected chi connectivity index (χ3v) is 1.70. The first-order valence-corrected chi connectivity index (χ1v) is 3.79. The van der Waals surface area contributed by atoms with E-state index in [1.807, 2.05) is 6.07 Å². The number of alkyl halides is 2. The van der Waals surface area contributed by atoms with Crippen LogP contribution in [0.15, 0.2) is 16.6 Å². The minimum Gasteiger partial charge on any atom is -0.258 e. The third kappa shape index (κ3) is 1.63. The zero-order valence-corrected chi connectivity index (χ0v) is 7.48. The molecule has 0 bridgehead atoms. The molecule has 9 heavy (non-hydrogen) atoms. The van der Waals surface area contributed by atoms with E-state index >= 15 is 0 Å². The molecule has 1 heterocycles. The van der Waals surface area contributed by atoms with Gasteiger partial charge in [0.15, 0.2) is 3.36 Å². The lowest BCUT2D eigenvalue weighted by molar-refractivity contribution is 1.16. The van der Waals surface area contributed by atoms with Crippen molar-refractivity contribution >= 4 is 38.1 Å². The van der Waals surface area contributed by atoms with Crippen LogP contribution in [0.3, 0.4) is 0 Å². The van der Waals surface area contributed by atoms with Gasteiger partial charge >= 0.3 is 0 Å². The van der Waals surface area contributed by atoms with Crippen LogP contribution in [0.4, 0.5) is 0 Å². The summed E-state index contributed by atoms with van der Waals surface area (Å²) in [6, 6.07) is 1.97. The lowest BCUT2D eigenvalue weighted by atomic mass is 10.3. The molecule has 2 nitrogen and oxygen atoms in total. The van der Waals surface area contributed by atoms with Crippen molar-refractivity contribution in [3.8, 4) is 6.07 Å². The average Bonchev–Trinajstić information content (AvgIpc) is 2.10. The predicted octanol–water partition coefficient (Wildman–Crippen LogP) is 1.96. The molecule has 0 spiro atoms. The molecule has 0 fully saturated rings. The molecule has 1 rings (SSSR count). The van der Waals surface area contributed by atoms with E-state index in [1.165, 1.54) is 6.21 Å². The summed E-state index contributed by atoms with van der Waals surface area (Å²) < 4.78 is -0.523. The number of hydrogen-bond acceptors (Lipinski definition) is 2. The fourth-order valence-electron chi connectivity index (χ4n) is 0.478. The monoisotopic (exact) mass is 248 g/mol.